The molecule has 2 aromatic carbocycles. The van der Waals surface area contributed by atoms with Gasteiger partial charge in [-0.05, 0) is 123 Å². The minimum Gasteiger partial charge on any atom is -0.494 e. The normalized spacial score (nSPS) is 23.3. The van der Waals surface area contributed by atoms with Gasteiger partial charge in [0.25, 0.3) is 0 Å². The molecule has 0 radical (unpaired) electrons. The molecule has 0 N–H and O–H groups in total. The van der Waals surface area contributed by atoms with Gasteiger partial charge in [0.1, 0.15) is 5.75 Å². The largest absolute Gasteiger partial charge is 0.494 e. The molecule has 0 atom stereocenters. The molecule has 2 aliphatic carbocycles. The summed E-state index contributed by atoms with van der Waals surface area (Å²) in [7, 11) is 0. The Bertz CT molecular complexity index is 1020. The maximum absolute atomic E-state index is 5.88. The van der Waals surface area contributed by atoms with E-state index in [0.717, 1.165) is 36.2 Å². The highest BCUT2D eigenvalue weighted by atomic mass is 16.5. The van der Waals surface area contributed by atoms with E-state index < -0.39 is 0 Å². The standard InChI is InChI=1S/C38H52O/c1-3-5-7-11-31-14-20-34(21-15-31)35-22-16-32(17-23-35)12-8-9-13-33-18-24-36(25-19-33)37-26-28-38(29-27-37)39-30-10-6-4-2/h9,13,16-17,22-23,26-29,31,33-34,36H,3-7,10-11,14-15,18-21,24-25,30H2,1-2H3/b13-9+/t31-,33-,34-,36-. The van der Waals surface area contributed by atoms with Gasteiger partial charge >= 0.3 is 0 Å². The highest BCUT2D eigenvalue weighted by Crippen LogP contribution is 2.38. The Balaban J connectivity index is 1.16. The molecule has 2 aliphatic rings. The molecule has 1 nitrogen and oxygen atoms in total. The van der Waals surface area contributed by atoms with E-state index in [0.29, 0.717) is 11.8 Å². The molecule has 4 rings (SSSR count). The summed E-state index contributed by atoms with van der Waals surface area (Å²) in [5, 5.41) is 0. The molecule has 0 saturated heterocycles. The third-order valence-electron chi connectivity index (χ3n) is 9.25. The molecule has 0 amide bonds. The molecular formula is C38H52O. The van der Waals surface area contributed by atoms with Gasteiger partial charge < -0.3 is 4.74 Å². The van der Waals surface area contributed by atoms with E-state index in [1.165, 1.54) is 101 Å². The van der Waals surface area contributed by atoms with Crippen LogP contribution in [-0.4, -0.2) is 6.61 Å². The first-order valence-electron chi connectivity index (χ1n) is 16.3. The van der Waals surface area contributed by atoms with Crippen molar-refractivity contribution in [3.8, 4) is 17.6 Å². The average Bonchev–Trinajstić information content (AvgIpc) is 2.99. The van der Waals surface area contributed by atoms with Gasteiger partial charge in [-0.15, -0.1) is 0 Å². The molecule has 0 bridgehead atoms. The average molecular weight is 525 g/mol. The second-order valence-electron chi connectivity index (χ2n) is 12.2. The first-order valence-corrected chi connectivity index (χ1v) is 16.3. The van der Waals surface area contributed by atoms with Crippen LogP contribution in [-0.2, 0) is 0 Å². The van der Waals surface area contributed by atoms with Crippen LogP contribution in [0.15, 0.2) is 60.7 Å². The number of benzene rings is 2. The molecule has 2 aromatic rings. The van der Waals surface area contributed by atoms with Crippen molar-refractivity contribution in [3.05, 3.63) is 77.4 Å². The Morgan fingerprint density at radius 3 is 1.92 bits per heavy atom. The van der Waals surface area contributed by atoms with Gasteiger partial charge in [0, 0.05) is 5.56 Å². The fraction of sp³-hybridized carbons (Fsp3) is 0.579. The van der Waals surface area contributed by atoms with Crippen LogP contribution < -0.4 is 4.74 Å². The van der Waals surface area contributed by atoms with Crippen molar-refractivity contribution in [2.45, 2.75) is 122 Å². The Kier molecular flexibility index (Phi) is 12.6. The maximum atomic E-state index is 5.88. The lowest BCUT2D eigenvalue weighted by Gasteiger charge is -2.29. The van der Waals surface area contributed by atoms with Crippen LogP contribution in [0.25, 0.3) is 0 Å². The fourth-order valence-corrected chi connectivity index (χ4v) is 6.64. The Hall–Kier alpha value is -2.46. The van der Waals surface area contributed by atoms with Crippen molar-refractivity contribution in [2.75, 3.05) is 6.61 Å². The summed E-state index contributed by atoms with van der Waals surface area (Å²) in [6.45, 7) is 5.37. The summed E-state index contributed by atoms with van der Waals surface area (Å²) < 4.78 is 5.88. The molecule has 2 saturated carbocycles. The first kappa shape index (κ1) is 29.5. The summed E-state index contributed by atoms with van der Waals surface area (Å²) in [4.78, 5) is 0. The fourth-order valence-electron chi connectivity index (χ4n) is 6.64. The lowest BCUT2D eigenvalue weighted by Crippen LogP contribution is -2.13. The van der Waals surface area contributed by atoms with Crippen molar-refractivity contribution < 1.29 is 4.74 Å². The van der Waals surface area contributed by atoms with Crippen LogP contribution in [0.4, 0.5) is 0 Å². The van der Waals surface area contributed by atoms with E-state index in [2.05, 4.69) is 86.4 Å². The van der Waals surface area contributed by atoms with Crippen molar-refractivity contribution in [1.29, 1.82) is 0 Å². The minimum absolute atomic E-state index is 0.663. The lowest BCUT2D eigenvalue weighted by molar-refractivity contribution is 0.303. The number of hydrogen-bond acceptors (Lipinski definition) is 1. The smallest absolute Gasteiger partial charge is 0.119 e. The number of unbranched alkanes of at least 4 members (excludes halogenated alkanes) is 4. The van der Waals surface area contributed by atoms with Gasteiger partial charge in [0.2, 0.25) is 0 Å². The van der Waals surface area contributed by atoms with E-state index in [1.54, 1.807) is 0 Å². The van der Waals surface area contributed by atoms with Crippen LogP contribution in [0.1, 0.15) is 139 Å². The zero-order valence-electron chi connectivity index (χ0n) is 24.8. The van der Waals surface area contributed by atoms with E-state index in [-0.39, 0.29) is 0 Å². The molecule has 39 heavy (non-hydrogen) atoms. The van der Waals surface area contributed by atoms with E-state index >= 15 is 0 Å². The van der Waals surface area contributed by atoms with Gasteiger partial charge in [-0.1, -0.05) is 94.6 Å². The predicted molar refractivity (Wildman–Crippen MR) is 167 cm³/mol. The summed E-state index contributed by atoms with van der Waals surface area (Å²) in [6, 6.07) is 18.0. The van der Waals surface area contributed by atoms with Crippen molar-refractivity contribution in [3.63, 3.8) is 0 Å². The van der Waals surface area contributed by atoms with Crippen molar-refractivity contribution in [1.82, 2.24) is 0 Å². The molecule has 0 heterocycles. The molecule has 1 heteroatoms. The number of hydrogen-bond donors (Lipinski definition) is 0. The lowest BCUT2D eigenvalue weighted by atomic mass is 9.77. The van der Waals surface area contributed by atoms with Crippen LogP contribution in [0.2, 0.25) is 0 Å². The maximum Gasteiger partial charge on any atom is 0.119 e. The van der Waals surface area contributed by atoms with Crippen molar-refractivity contribution >= 4 is 0 Å². The third kappa shape index (κ3) is 9.90. The highest BCUT2D eigenvalue weighted by molar-refractivity contribution is 5.39. The zero-order chi connectivity index (χ0) is 27.1. The highest BCUT2D eigenvalue weighted by Gasteiger charge is 2.22. The Morgan fingerprint density at radius 1 is 0.692 bits per heavy atom. The quantitative estimate of drug-likeness (QED) is 0.198. The van der Waals surface area contributed by atoms with Crippen LogP contribution >= 0.6 is 0 Å². The SMILES string of the molecule is CCCCCOc1ccc([C@H]2CC[C@H](/C=C/C#Cc3ccc([C@H]4CC[C@H](CCCCC)CC4)cc3)CC2)cc1. The van der Waals surface area contributed by atoms with Gasteiger partial charge in [-0.2, -0.15) is 0 Å². The number of allylic oxidation sites excluding steroid dienone is 2. The molecule has 0 aliphatic heterocycles. The monoisotopic (exact) mass is 524 g/mol. The van der Waals surface area contributed by atoms with E-state index in [4.69, 9.17) is 4.74 Å². The van der Waals surface area contributed by atoms with Gasteiger partial charge in [-0.25, -0.2) is 0 Å². The van der Waals surface area contributed by atoms with Gasteiger partial charge in [-0.3, -0.25) is 0 Å². The molecule has 0 spiro atoms. The Morgan fingerprint density at radius 2 is 1.28 bits per heavy atom. The second kappa shape index (κ2) is 16.6. The summed E-state index contributed by atoms with van der Waals surface area (Å²) in [5.74, 6) is 10.8. The first-order chi connectivity index (χ1) is 19.2. The Labute approximate surface area is 239 Å². The summed E-state index contributed by atoms with van der Waals surface area (Å²) in [5.41, 5.74) is 4.13. The van der Waals surface area contributed by atoms with Gasteiger partial charge in [0.15, 0.2) is 0 Å². The topological polar surface area (TPSA) is 9.23 Å². The molecule has 210 valence electrons. The third-order valence-corrected chi connectivity index (χ3v) is 9.25. The number of ether oxygens (including phenoxy) is 1. The number of rotatable bonds is 12. The predicted octanol–water partition coefficient (Wildman–Crippen LogP) is 11.0. The van der Waals surface area contributed by atoms with Gasteiger partial charge in [0.05, 0.1) is 6.61 Å². The molecule has 2 fully saturated rings. The zero-order valence-corrected chi connectivity index (χ0v) is 24.8. The molecule has 0 unspecified atom stereocenters. The van der Waals surface area contributed by atoms with Crippen LogP contribution in [0.3, 0.4) is 0 Å². The van der Waals surface area contributed by atoms with Crippen molar-refractivity contribution in [2.24, 2.45) is 11.8 Å². The van der Waals surface area contributed by atoms with Crippen LogP contribution in [0, 0.1) is 23.7 Å². The molecular weight excluding hydrogens is 472 g/mol. The summed E-state index contributed by atoms with van der Waals surface area (Å²) in [6.07, 6.45) is 24.3. The molecule has 0 aromatic heterocycles. The van der Waals surface area contributed by atoms with E-state index in [9.17, 15) is 0 Å². The second-order valence-corrected chi connectivity index (χ2v) is 12.2. The minimum atomic E-state index is 0.663. The van der Waals surface area contributed by atoms with Crippen LogP contribution in [0.5, 0.6) is 5.75 Å². The van der Waals surface area contributed by atoms with E-state index in [1.807, 2.05) is 0 Å². The summed E-state index contributed by atoms with van der Waals surface area (Å²) >= 11 is 0.